The lowest BCUT2D eigenvalue weighted by molar-refractivity contribution is -0.123. The second-order valence-corrected chi connectivity index (χ2v) is 6.32. The molecular weight excluding hydrogens is 328 g/mol. The van der Waals surface area contributed by atoms with Crippen molar-refractivity contribution in [3.05, 3.63) is 51.2 Å². The standard InChI is InChI=1S/C17H18N2O4S/c1-10-4-5-13(8-11(10)2)23-9-16(20)19-18-12(3)14-6-7-15(24-14)17(21)22/h4-8H,9H2,1-3H3,(H,19,20)(H,21,22)/b18-12-. The molecule has 0 aliphatic heterocycles. The Morgan fingerprint density at radius 3 is 2.50 bits per heavy atom. The number of nitrogens with zero attached hydrogens (tertiary/aromatic N) is 1. The fraction of sp³-hybridized carbons (Fsp3) is 0.235. The van der Waals surface area contributed by atoms with Crippen molar-refractivity contribution in [3.8, 4) is 5.75 Å². The molecule has 126 valence electrons. The molecule has 0 aliphatic carbocycles. The summed E-state index contributed by atoms with van der Waals surface area (Å²) in [7, 11) is 0. The number of benzene rings is 1. The van der Waals surface area contributed by atoms with E-state index in [-0.39, 0.29) is 17.4 Å². The molecule has 0 fully saturated rings. The van der Waals surface area contributed by atoms with Crippen LogP contribution in [-0.4, -0.2) is 29.3 Å². The number of carboxylic acid groups (broad SMARTS) is 1. The zero-order valence-electron chi connectivity index (χ0n) is 13.6. The third kappa shape index (κ3) is 4.66. The van der Waals surface area contributed by atoms with Crippen LogP contribution in [0.2, 0.25) is 0 Å². The molecule has 6 nitrogen and oxygen atoms in total. The van der Waals surface area contributed by atoms with Crippen LogP contribution in [0.5, 0.6) is 5.75 Å². The van der Waals surface area contributed by atoms with E-state index < -0.39 is 5.97 Å². The topological polar surface area (TPSA) is 88.0 Å². The Morgan fingerprint density at radius 1 is 1.17 bits per heavy atom. The van der Waals surface area contributed by atoms with Gasteiger partial charge in [-0.15, -0.1) is 11.3 Å². The van der Waals surface area contributed by atoms with E-state index in [1.807, 2.05) is 32.0 Å². The predicted octanol–water partition coefficient (Wildman–Crippen LogP) is 2.98. The number of aryl methyl sites for hydroxylation is 2. The third-order valence-corrected chi connectivity index (χ3v) is 4.55. The van der Waals surface area contributed by atoms with Crippen molar-refractivity contribution in [3.63, 3.8) is 0 Å². The lowest BCUT2D eigenvalue weighted by atomic mass is 10.1. The van der Waals surface area contributed by atoms with Gasteiger partial charge in [-0.05, 0) is 56.2 Å². The first-order valence-electron chi connectivity index (χ1n) is 7.23. The number of carboxylic acids is 1. The van der Waals surface area contributed by atoms with E-state index >= 15 is 0 Å². The van der Waals surface area contributed by atoms with Crippen LogP contribution in [0, 0.1) is 13.8 Å². The minimum Gasteiger partial charge on any atom is -0.484 e. The van der Waals surface area contributed by atoms with E-state index in [0.29, 0.717) is 16.3 Å². The fourth-order valence-corrected chi connectivity index (χ4v) is 2.62. The zero-order chi connectivity index (χ0) is 17.7. The summed E-state index contributed by atoms with van der Waals surface area (Å²) in [5.41, 5.74) is 5.18. The summed E-state index contributed by atoms with van der Waals surface area (Å²) in [6.07, 6.45) is 0. The molecule has 2 aromatic rings. The minimum atomic E-state index is -0.982. The third-order valence-electron chi connectivity index (χ3n) is 3.37. The molecule has 1 aromatic heterocycles. The normalized spacial score (nSPS) is 11.2. The summed E-state index contributed by atoms with van der Waals surface area (Å²) in [5, 5.41) is 12.9. The van der Waals surface area contributed by atoms with Gasteiger partial charge in [-0.2, -0.15) is 5.10 Å². The van der Waals surface area contributed by atoms with Crippen LogP contribution < -0.4 is 10.2 Å². The molecule has 0 bridgehead atoms. The number of ether oxygens (including phenoxy) is 1. The quantitative estimate of drug-likeness (QED) is 0.622. The van der Waals surface area contributed by atoms with Gasteiger partial charge in [-0.3, -0.25) is 4.79 Å². The van der Waals surface area contributed by atoms with Gasteiger partial charge >= 0.3 is 5.97 Å². The van der Waals surface area contributed by atoms with Gasteiger partial charge in [-0.1, -0.05) is 6.07 Å². The maximum absolute atomic E-state index is 11.8. The molecule has 0 unspecified atom stereocenters. The second kappa shape index (κ2) is 7.74. The Bertz CT molecular complexity index is 796. The SMILES string of the molecule is C/C(=N/NC(=O)COc1ccc(C)c(C)c1)c1ccc(C(=O)O)s1. The van der Waals surface area contributed by atoms with Crippen molar-refractivity contribution < 1.29 is 19.4 Å². The number of nitrogens with one attached hydrogen (secondary N) is 1. The maximum Gasteiger partial charge on any atom is 0.345 e. The van der Waals surface area contributed by atoms with E-state index in [2.05, 4.69) is 10.5 Å². The number of thiophene rings is 1. The van der Waals surface area contributed by atoms with E-state index in [1.165, 1.54) is 6.07 Å². The van der Waals surface area contributed by atoms with Crippen LogP contribution in [0.1, 0.15) is 32.6 Å². The average molecular weight is 346 g/mol. The largest absolute Gasteiger partial charge is 0.484 e. The maximum atomic E-state index is 11.8. The van der Waals surface area contributed by atoms with Crippen molar-refractivity contribution in [1.82, 2.24) is 5.43 Å². The molecule has 2 N–H and O–H groups in total. The fourth-order valence-electron chi connectivity index (χ4n) is 1.83. The van der Waals surface area contributed by atoms with Gasteiger partial charge in [0, 0.05) is 0 Å². The van der Waals surface area contributed by atoms with E-state index in [4.69, 9.17) is 9.84 Å². The summed E-state index contributed by atoms with van der Waals surface area (Å²) < 4.78 is 5.42. The first-order valence-corrected chi connectivity index (χ1v) is 8.05. The van der Waals surface area contributed by atoms with Gasteiger partial charge in [0.2, 0.25) is 0 Å². The van der Waals surface area contributed by atoms with E-state index in [9.17, 15) is 9.59 Å². The molecule has 1 aromatic carbocycles. The summed E-state index contributed by atoms with van der Waals surface area (Å²) in [6, 6.07) is 8.78. The number of hydrogen-bond donors (Lipinski definition) is 2. The highest BCUT2D eigenvalue weighted by Gasteiger charge is 2.09. The minimum absolute atomic E-state index is 0.149. The van der Waals surface area contributed by atoms with Gasteiger partial charge in [0.1, 0.15) is 10.6 Å². The van der Waals surface area contributed by atoms with Crippen LogP contribution in [0.3, 0.4) is 0 Å². The van der Waals surface area contributed by atoms with Crippen molar-refractivity contribution in [1.29, 1.82) is 0 Å². The summed E-state index contributed by atoms with van der Waals surface area (Å²) in [4.78, 5) is 23.5. The number of hydrogen-bond acceptors (Lipinski definition) is 5. The molecule has 0 aliphatic rings. The van der Waals surface area contributed by atoms with Crippen molar-refractivity contribution in [2.45, 2.75) is 20.8 Å². The number of hydrazone groups is 1. The molecular formula is C17H18N2O4S. The molecule has 2 rings (SSSR count). The Labute approximate surface area is 143 Å². The van der Waals surface area contributed by atoms with Crippen molar-refractivity contribution in [2.24, 2.45) is 5.10 Å². The van der Waals surface area contributed by atoms with Gasteiger partial charge in [0.25, 0.3) is 5.91 Å². The first-order chi connectivity index (χ1) is 11.4. The molecule has 0 atom stereocenters. The smallest absolute Gasteiger partial charge is 0.345 e. The highest BCUT2D eigenvalue weighted by molar-refractivity contribution is 7.15. The van der Waals surface area contributed by atoms with E-state index in [0.717, 1.165) is 22.5 Å². The highest BCUT2D eigenvalue weighted by Crippen LogP contribution is 2.17. The Kier molecular flexibility index (Phi) is 5.70. The average Bonchev–Trinajstić information content (AvgIpc) is 3.04. The Morgan fingerprint density at radius 2 is 1.88 bits per heavy atom. The monoisotopic (exact) mass is 346 g/mol. The first kappa shape index (κ1) is 17.7. The van der Waals surface area contributed by atoms with Crippen LogP contribution in [0.25, 0.3) is 0 Å². The van der Waals surface area contributed by atoms with Gasteiger partial charge < -0.3 is 9.84 Å². The highest BCUT2D eigenvalue weighted by atomic mass is 32.1. The van der Waals surface area contributed by atoms with Gasteiger partial charge in [-0.25, -0.2) is 10.2 Å². The van der Waals surface area contributed by atoms with Crippen molar-refractivity contribution >= 4 is 28.9 Å². The lowest BCUT2D eigenvalue weighted by Crippen LogP contribution is -2.25. The van der Waals surface area contributed by atoms with Gasteiger partial charge in [0.15, 0.2) is 6.61 Å². The summed E-state index contributed by atoms with van der Waals surface area (Å²) in [5.74, 6) is -0.745. The van der Waals surface area contributed by atoms with Crippen molar-refractivity contribution in [2.75, 3.05) is 6.61 Å². The molecule has 1 amide bonds. The lowest BCUT2D eigenvalue weighted by Gasteiger charge is -2.07. The zero-order valence-corrected chi connectivity index (χ0v) is 14.4. The molecule has 24 heavy (non-hydrogen) atoms. The van der Waals surface area contributed by atoms with Gasteiger partial charge in [0.05, 0.1) is 10.6 Å². The van der Waals surface area contributed by atoms with Crippen LogP contribution in [-0.2, 0) is 4.79 Å². The summed E-state index contributed by atoms with van der Waals surface area (Å²) in [6.45, 7) is 5.53. The molecule has 1 heterocycles. The van der Waals surface area contributed by atoms with Crippen LogP contribution in [0.15, 0.2) is 35.4 Å². The second-order valence-electron chi connectivity index (χ2n) is 5.24. The predicted molar refractivity (Wildman–Crippen MR) is 93.0 cm³/mol. The molecule has 0 saturated carbocycles. The molecule has 7 heteroatoms. The molecule has 0 spiro atoms. The van der Waals surface area contributed by atoms with Crippen LogP contribution >= 0.6 is 11.3 Å². The molecule has 0 saturated heterocycles. The number of carbonyl (C=O) groups is 2. The number of amides is 1. The number of rotatable bonds is 6. The Hall–Kier alpha value is -2.67. The Balaban J connectivity index is 1.89. The molecule has 0 radical (unpaired) electrons. The van der Waals surface area contributed by atoms with Crippen LogP contribution in [0.4, 0.5) is 0 Å². The van der Waals surface area contributed by atoms with E-state index in [1.54, 1.807) is 13.0 Å². The number of aromatic carboxylic acids is 1. The number of carbonyl (C=O) groups excluding carboxylic acids is 1. The summed E-state index contributed by atoms with van der Waals surface area (Å²) >= 11 is 1.10.